The Hall–Kier alpha value is -3.94. The molecule has 55 heavy (non-hydrogen) atoms. The highest BCUT2D eigenvalue weighted by atomic mass is 32.2. The van der Waals surface area contributed by atoms with Gasteiger partial charge in [-0.15, -0.1) is 0 Å². The smallest absolute Gasteiger partial charge is 0.305 e. The van der Waals surface area contributed by atoms with Crippen LogP contribution in [0.3, 0.4) is 0 Å². The first-order valence-corrected chi connectivity index (χ1v) is 21.2. The van der Waals surface area contributed by atoms with E-state index in [0.717, 1.165) is 43.3 Å². The summed E-state index contributed by atoms with van der Waals surface area (Å²) in [5, 5.41) is 10.1. The molecule has 15 nitrogen and oxygen atoms in total. The van der Waals surface area contributed by atoms with Crippen molar-refractivity contribution in [2.24, 2.45) is 0 Å². The van der Waals surface area contributed by atoms with Crippen LogP contribution in [-0.4, -0.2) is 118 Å². The number of carboxylic acid groups (broad SMARTS) is 1. The third-order valence-corrected chi connectivity index (χ3v) is 11.2. The molecule has 17 heteroatoms. The summed E-state index contributed by atoms with van der Waals surface area (Å²) in [5.41, 5.74) is 2.61. The summed E-state index contributed by atoms with van der Waals surface area (Å²) in [4.78, 5) is 11.7. The van der Waals surface area contributed by atoms with Crippen molar-refractivity contribution < 1.29 is 54.7 Å². The average molecular weight is 807 g/mol. The molecule has 0 aromatic heterocycles. The van der Waals surface area contributed by atoms with Gasteiger partial charge in [0, 0.05) is 59.5 Å². The lowest BCUT2D eigenvalue weighted by atomic mass is 9.93. The van der Waals surface area contributed by atoms with Gasteiger partial charge >= 0.3 is 5.97 Å². The molecule has 0 radical (unpaired) electrons. The van der Waals surface area contributed by atoms with Gasteiger partial charge in [0.05, 0.1) is 70.2 Å². The van der Waals surface area contributed by atoms with Gasteiger partial charge in [0.1, 0.15) is 29.3 Å². The number of anilines is 1. The molecule has 3 N–H and O–H groups in total. The third kappa shape index (κ3) is 12.0. The molecule has 0 saturated heterocycles. The lowest BCUT2D eigenvalue weighted by molar-refractivity contribution is -0.138. The summed E-state index contributed by atoms with van der Waals surface area (Å²) in [6.45, 7) is 12.9. The molecule has 2 aliphatic rings. The zero-order valence-electron chi connectivity index (χ0n) is 31.8. The first-order chi connectivity index (χ1) is 26.3. The number of rotatable bonds is 24. The molecule has 0 saturated carbocycles. The number of ether oxygens (including phenoxy) is 4. The molecule has 1 aliphatic carbocycles. The van der Waals surface area contributed by atoms with Crippen LogP contribution in [-0.2, 0) is 43.9 Å². The van der Waals surface area contributed by atoms with E-state index in [-0.39, 0.29) is 56.5 Å². The van der Waals surface area contributed by atoms with Crippen LogP contribution in [0.2, 0.25) is 0 Å². The van der Waals surface area contributed by atoms with E-state index in [4.69, 9.17) is 28.5 Å². The van der Waals surface area contributed by atoms with Gasteiger partial charge in [0.25, 0.3) is 10.1 Å². The fraction of sp³-hybridized carbons (Fsp3) is 0.474. The van der Waals surface area contributed by atoms with Crippen molar-refractivity contribution in [2.75, 3.05) is 90.5 Å². The topological polar surface area (TPSA) is 194 Å². The predicted molar refractivity (Wildman–Crippen MR) is 209 cm³/mol. The summed E-state index contributed by atoms with van der Waals surface area (Å²) >= 11 is 0. The molecule has 1 aliphatic heterocycles. The van der Waals surface area contributed by atoms with Crippen molar-refractivity contribution in [1.29, 1.82) is 0 Å². The number of aliphatic carboxylic acids is 1. The largest absolute Gasteiger partial charge is 0.481 e. The van der Waals surface area contributed by atoms with Crippen LogP contribution in [0.4, 0.5) is 5.69 Å². The number of fused-ring (bicyclic) bond motifs is 2. The molecule has 302 valence electrons. The summed E-state index contributed by atoms with van der Waals surface area (Å²) in [6, 6.07) is 15.0. The standard InChI is InChI=1S/C38H51N3O12S2/c1-5-40(6-2)28-9-12-31-34(25-28)53-35-26-29(41(7-3)8-4)10-13-32(35)38(31)33-14-11-30(27-36(33)55(46,47)48)54(44,45)39-16-18-50-20-22-52-24-23-51-21-19-49-17-15-37(42)43/h9-14,25-27,39H,5-8,15-24H2,1-4H3,(H-,42,43,46,47,48)/p+1. The van der Waals surface area contributed by atoms with Crippen LogP contribution in [0, 0.1) is 0 Å². The average Bonchev–Trinajstić information content (AvgIpc) is 3.15. The zero-order valence-corrected chi connectivity index (χ0v) is 33.4. The molecular formula is C38H52N3O12S2+. The summed E-state index contributed by atoms with van der Waals surface area (Å²) in [7, 11) is -9.14. The van der Waals surface area contributed by atoms with Gasteiger partial charge in [0.2, 0.25) is 15.4 Å². The Labute approximate surface area is 322 Å². The number of nitrogens with one attached hydrogen (secondary N) is 1. The second kappa shape index (κ2) is 20.8. The Bertz CT molecular complexity index is 2140. The number of hydrogen-bond donors (Lipinski definition) is 3. The molecule has 0 atom stereocenters. The van der Waals surface area contributed by atoms with E-state index in [1.807, 2.05) is 36.4 Å². The monoisotopic (exact) mass is 806 g/mol. The molecule has 0 amide bonds. The minimum Gasteiger partial charge on any atom is -0.481 e. The van der Waals surface area contributed by atoms with Gasteiger partial charge in [-0.05, 0) is 58.0 Å². The van der Waals surface area contributed by atoms with Crippen molar-refractivity contribution in [1.82, 2.24) is 9.30 Å². The van der Waals surface area contributed by atoms with Gasteiger partial charge in [-0.25, -0.2) is 17.7 Å². The van der Waals surface area contributed by atoms with Gasteiger partial charge < -0.3 is 33.4 Å². The van der Waals surface area contributed by atoms with E-state index >= 15 is 0 Å². The Balaban J connectivity index is 1.51. The van der Waals surface area contributed by atoms with Crippen LogP contribution in [0.5, 0.6) is 0 Å². The molecular weight excluding hydrogens is 755 g/mol. The van der Waals surface area contributed by atoms with E-state index in [1.54, 1.807) is 0 Å². The van der Waals surface area contributed by atoms with Crippen LogP contribution < -0.4 is 19.6 Å². The highest BCUT2D eigenvalue weighted by Crippen LogP contribution is 2.43. The number of benzene rings is 3. The highest BCUT2D eigenvalue weighted by Gasteiger charge is 2.27. The maximum atomic E-state index is 13.3. The maximum absolute atomic E-state index is 13.3. The van der Waals surface area contributed by atoms with Gasteiger partial charge in [-0.2, -0.15) is 8.42 Å². The zero-order chi connectivity index (χ0) is 40.0. The van der Waals surface area contributed by atoms with Gasteiger partial charge in [-0.1, -0.05) is 6.07 Å². The van der Waals surface area contributed by atoms with Crippen molar-refractivity contribution in [2.45, 2.75) is 43.9 Å². The van der Waals surface area contributed by atoms with E-state index in [0.29, 0.717) is 47.7 Å². The van der Waals surface area contributed by atoms with E-state index in [1.165, 1.54) is 12.1 Å². The molecule has 0 spiro atoms. The molecule has 0 unspecified atom stereocenters. The minimum absolute atomic E-state index is 0.0203. The lowest BCUT2D eigenvalue weighted by Crippen LogP contribution is -2.29. The van der Waals surface area contributed by atoms with Crippen molar-refractivity contribution >= 4 is 42.8 Å². The maximum Gasteiger partial charge on any atom is 0.305 e. The lowest BCUT2D eigenvalue weighted by Gasteiger charge is -2.22. The Morgan fingerprint density at radius 3 is 1.95 bits per heavy atom. The SMILES string of the molecule is CCN(CC)c1ccc2c(-c3ccc(S(=O)(=O)NCCOCCOCCOCCOCCC(=O)O)cc3S(=O)(=O)O)c3ccc(=[N+](CC)CC)cc-3oc2c1. The molecule has 4 rings (SSSR count). The van der Waals surface area contributed by atoms with Crippen LogP contribution in [0.1, 0.15) is 34.1 Å². The Morgan fingerprint density at radius 2 is 1.36 bits per heavy atom. The van der Waals surface area contributed by atoms with E-state index < -0.39 is 31.0 Å². The second-order valence-corrected chi connectivity index (χ2v) is 15.5. The second-order valence-electron chi connectivity index (χ2n) is 12.3. The number of carboxylic acids is 1. The van der Waals surface area contributed by atoms with Crippen molar-refractivity contribution in [3.63, 3.8) is 0 Å². The summed E-state index contributed by atoms with van der Waals surface area (Å²) < 4.78 is 95.5. The summed E-state index contributed by atoms with van der Waals surface area (Å²) in [5.74, 6) is -0.425. The van der Waals surface area contributed by atoms with Crippen LogP contribution >= 0.6 is 0 Å². The van der Waals surface area contributed by atoms with Crippen molar-refractivity contribution in [3.8, 4) is 22.5 Å². The number of carbonyl (C=O) groups is 1. The molecule has 2 aromatic carbocycles. The molecule has 0 fully saturated rings. The number of sulfonamides is 1. The molecule has 2 aromatic rings. The fourth-order valence-corrected chi connectivity index (χ4v) is 7.91. The normalized spacial score (nSPS) is 12.1. The molecule has 1 heterocycles. The Kier molecular flexibility index (Phi) is 16.6. The van der Waals surface area contributed by atoms with E-state index in [2.05, 4.69) is 41.9 Å². The predicted octanol–water partition coefficient (Wildman–Crippen LogP) is 3.93. The number of hydrogen-bond acceptors (Lipinski definition) is 11. The first kappa shape index (κ1) is 43.8. The van der Waals surface area contributed by atoms with Crippen LogP contribution in [0.25, 0.3) is 33.4 Å². The first-order valence-electron chi connectivity index (χ1n) is 18.3. The van der Waals surface area contributed by atoms with E-state index in [9.17, 15) is 26.2 Å². The summed E-state index contributed by atoms with van der Waals surface area (Å²) in [6.07, 6.45) is -0.0641. The van der Waals surface area contributed by atoms with Crippen molar-refractivity contribution in [3.05, 3.63) is 60.0 Å². The highest BCUT2D eigenvalue weighted by molar-refractivity contribution is 7.89. The third-order valence-electron chi connectivity index (χ3n) is 8.87. The Morgan fingerprint density at radius 1 is 0.764 bits per heavy atom. The fourth-order valence-electron chi connectivity index (χ4n) is 6.07. The van der Waals surface area contributed by atoms with Gasteiger partial charge in [-0.3, -0.25) is 9.35 Å². The van der Waals surface area contributed by atoms with Crippen LogP contribution in [0.15, 0.2) is 68.8 Å². The minimum atomic E-state index is -4.93. The van der Waals surface area contributed by atoms with Gasteiger partial charge in [0.15, 0.2) is 0 Å². The number of nitrogens with zero attached hydrogens (tertiary/aromatic N) is 2. The molecule has 0 bridgehead atoms. The quantitative estimate of drug-likeness (QED) is 0.0400.